The van der Waals surface area contributed by atoms with Gasteiger partial charge in [0.25, 0.3) is 0 Å². The monoisotopic (exact) mass is 177 g/mol. The molecule has 0 aromatic heterocycles. The maximum Gasteiger partial charge on any atom is 0.140 e. The number of rotatable bonds is 2. The number of nitrogens with zero attached hydrogens (tertiary/aromatic N) is 1. The lowest BCUT2D eigenvalue weighted by Crippen LogP contribution is -2.12. The Morgan fingerprint density at radius 1 is 1.62 bits per heavy atom. The normalized spacial score (nSPS) is 9.23. The molecule has 0 unspecified atom stereocenters. The summed E-state index contributed by atoms with van der Waals surface area (Å²) >= 11 is 0. The van der Waals surface area contributed by atoms with Crippen molar-refractivity contribution in [2.75, 3.05) is 0 Å². The van der Waals surface area contributed by atoms with Gasteiger partial charge in [0.2, 0.25) is 0 Å². The van der Waals surface area contributed by atoms with Gasteiger partial charge in [-0.2, -0.15) is 5.26 Å². The van der Waals surface area contributed by atoms with Crippen LogP contribution in [0.4, 0.5) is 4.39 Å². The highest BCUT2D eigenvalue weighted by Gasteiger charge is 2.02. The molecule has 0 bridgehead atoms. The van der Waals surface area contributed by atoms with Crippen LogP contribution < -0.4 is 5.73 Å². The topological polar surface area (TPSA) is 73.7 Å². The van der Waals surface area contributed by atoms with Crippen LogP contribution in [0, 0.1) is 22.6 Å². The largest absolute Gasteiger partial charge is 0.387 e. The molecule has 0 aliphatic carbocycles. The van der Waals surface area contributed by atoms with Crippen molar-refractivity contribution in [1.82, 2.24) is 0 Å². The summed E-state index contributed by atoms with van der Waals surface area (Å²) in [6, 6.07) is 5.84. The van der Waals surface area contributed by atoms with E-state index in [0.29, 0.717) is 5.56 Å². The number of benzene rings is 1. The highest BCUT2D eigenvalue weighted by atomic mass is 19.1. The van der Waals surface area contributed by atoms with Gasteiger partial charge in [-0.1, -0.05) is 6.07 Å². The van der Waals surface area contributed by atoms with E-state index in [2.05, 4.69) is 0 Å². The number of nitriles is 1. The molecule has 66 valence electrons. The first-order valence-corrected chi connectivity index (χ1v) is 3.65. The van der Waals surface area contributed by atoms with Crippen molar-refractivity contribution in [2.24, 2.45) is 5.73 Å². The van der Waals surface area contributed by atoms with Crippen molar-refractivity contribution in [1.29, 1.82) is 10.7 Å². The third kappa shape index (κ3) is 2.27. The summed E-state index contributed by atoms with van der Waals surface area (Å²) in [5.74, 6) is -0.551. The van der Waals surface area contributed by atoms with Gasteiger partial charge in [-0.05, 0) is 17.7 Å². The van der Waals surface area contributed by atoms with Crippen molar-refractivity contribution < 1.29 is 4.39 Å². The van der Waals surface area contributed by atoms with Gasteiger partial charge in [0.05, 0.1) is 11.4 Å². The van der Waals surface area contributed by atoms with E-state index in [-0.39, 0.29) is 17.8 Å². The van der Waals surface area contributed by atoms with Crippen LogP contribution in [-0.4, -0.2) is 5.84 Å². The third-order valence-corrected chi connectivity index (χ3v) is 1.55. The quantitative estimate of drug-likeness (QED) is 0.525. The van der Waals surface area contributed by atoms with E-state index in [4.69, 9.17) is 16.4 Å². The van der Waals surface area contributed by atoms with E-state index in [1.54, 1.807) is 6.07 Å². The van der Waals surface area contributed by atoms with Crippen molar-refractivity contribution in [3.63, 3.8) is 0 Å². The lowest BCUT2D eigenvalue weighted by Gasteiger charge is -2.00. The van der Waals surface area contributed by atoms with Crippen LogP contribution in [-0.2, 0) is 6.42 Å². The second kappa shape index (κ2) is 3.68. The summed E-state index contributed by atoms with van der Waals surface area (Å²) in [5.41, 5.74) is 5.82. The molecule has 0 aliphatic heterocycles. The Balaban J connectivity index is 3.01. The van der Waals surface area contributed by atoms with Gasteiger partial charge < -0.3 is 5.73 Å². The number of amidine groups is 1. The van der Waals surface area contributed by atoms with Crippen LogP contribution >= 0.6 is 0 Å². The lowest BCUT2D eigenvalue weighted by molar-refractivity contribution is 0.623. The van der Waals surface area contributed by atoms with Gasteiger partial charge in [0.15, 0.2) is 0 Å². The average Bonchev–Trinajstić information content (AvgIpc) is 2.07. The van der Waals surface area contributed by atoms with Crippen molar-refractivity contribution >= 4 is 5.84 Å². The Morgan fingerprint density at radius 3 is 2.85 bits per heavy atom. The predicted molar refractivity (Wildman–Crippen MR) is 46.7 cm³/mol. The zero-order valence-electron chi connectivity index (χ0n) is 6.84. The van der Waals surface area contributed by atoms with Crippen LogP contribution in [0.25, 0.3) is 0 Å². The van der Waals surface area contributed by atoms with E-state index >= 15 is 0 Å². The molecule has 0 radical (unpaired) electrons. The van der Waals surface area contributed by atoms with Crippen molar-refractivity contribution in [3.8, 4) is 6.07 Å². The molecule has 1 rings (SSSR count). The first-order chi connectivity index (χ1) is 6.13. The second-order valence-electron chi connectivity index (χ2n) is 2.63. The molecule has 0 aliphatic rings. The fourth-order valence-corrected chi connectivity index (χ4v) is 0.988. The van der Waals surface area contributed by atoms with Crippen molar-refractivity contribution in [3.05, 3.63) is 35.1 Å². The minimum absolute atomic E-state index is 0.00417. The Hall–Kier alpha value is -1.89. The maximum absolute atomic E-state index is 12.8. The van der Waals surface area contributed by atoms with Gasteiger partial charge in [-0.15, -0.1) is 0 Å². The SMILES string of the molecule is N#Cc1cc(CC(=N)N)ccc1F. The molecule has 0 saturated carbocycles. The smallest absolute Gasteiger partial charge is 0.140 e. The number of nitrogens with two attached hydrogens (primary N) is 1. The van der Waals surface area contributed by atoms with E-state index in [9.17, 15) is 4.39 Å². The van der Waals surface area contributed by atoms with Crippen LogP contribution in [0.3, 0.4) is 0 Å². The fraction of sp³-hybridized carbons (Fsp3) is 0.111. The van der Waals surface area contributed by atoms with E-state index < -0.39 is 5.82 Å². The number of halogens is 1. The number of hydrogen-bond acceptors (Lipinski definition) is 2. The summed E-state index contributed by atoms with van der Waals surface area (Å²) in [6.45, 7) is 0. The Labute approximate surface area is 75.1 Å². The van der Waals surface area contributed by atoms with E-state index in [0.717, 1.165) is 0 Å². The minimum atomic E-state index is -0.546. The summed E-state index contributed by atoms with van der Waals surface area (Å²) in [5, 5.41) is 15.5. The van der Waals surface area contributed by atoms with Crippen LogP contribution in [0.1, 0.15) is 11.1 Å². The molecule has 0 saturated heterocycles. The molecule has 3 nitrogen and oxygen atoms in total. The summed E-state index contributed by atoms with van der Waals surface area (Å²) in [6.07, 6.45) is 0.245. The van der Waals surface area contributed by atoms with Gasteiger partial charge in [-0.3, -0.25) is 5.41 Å². The lowest BCUT2D eigenvalue weighted by atomic mass is 10.1. The Morgan fingerprint density at radius 2 is 2.31 bits per heavy atom. The Bertz CT molecular complexity index is 379. The first kappa shape index (κ1) is 9.20. The predicted octanol–water partition coefficient (Wildman–Crippen LogP) is 1.18. The Kier molecular flexibility index (Phi) is 2.60. The molecule has 4 heteroatoms. The van der Waals surface area contributed by atoms with Gasteiger partial charge in [0, 0.05) is 6.42 Å². The highest BCUT2D eigenvalue weighted by molar-refractivity contribution is 5.79. The highest BCUT2D eigenvalue weighted by Crippen LogP contribution is 2.09. The van der Waals surface area contributed by atoms with Crippen LogP contribution in [0.2, 0.25) is 0 Å². The van der Waals surface area contributed by atoms with Crippen LogP contribution in [0.5, 0.6) is 0 Å². The summed E-state index contributed by atoms with van der Waals surface area (Å²) < 4.78 is 12.8. The number of hydrogen-bond donors (Lipinski definition) is 2. The molecular formula is C9H8FN3. The molecular weight excluding hydrogens is 169 g/mol. The van der Waals surface area contributed by atoms with E-state index in [1.807, 2.05) is 0 Å². The molecule has 1 aromatic carbocycles. The minimum Gasteiger partial charge on any atom is -0.387 e. The third-order valence-electron chi connectivity index (χ3n) is 1.55. The molecule has 0 heterocycles. The zero-order chi connectivity index (χ0) is 9.84. The second-order valence-corrected chi connectivity index (χ2v) is 2.63. The summed E-state index contributed by atoms with van der Waals surface area (Å²) in [4.78, 5) is 0. The summed E-state index contributed by atoms with van der Waals surface area (Å²) in [7, 11) is 0. The first-order valence-electron chi connectivity index (χ1n) is 3.65. The van der Waals surface area contributed by atoms with Gasteiger partial charge in [0.1, 0.15) is 11.9 Å². The average molecular weight is 177 g/mol. The molecule has 3 N–H and O–H groups in total. The van der Waals surface area contributed by atoms with E-state index in [1.165, 1.54) is 18.2 Å². The molecule has 0 spiro atoms. The van der Waals surface area contributed by atoms with Gasteiger partial charge in [-0.25, -0.2) is 4.39 Å². The fourth-order valence-electron chi connectivity index (χ4n) is 0.988. The van der Waals surface area contributed by atoms with Gasteiger partial charge >= 0.3 is 0 Å². The number of nitrogens with one attached hydrogen (secondary N) is 1. The standard InChI is InChI=1S/C9H8FN3/c10-8-2-1-6(4-9(12)13)3-7(8)5-11/h1-3H,4H2,(H3,12,13). The maximum atomic E-state index is 12.8. The van der Waals surface area contributed by atoms with Crippen LogP contribution in [0.15, 0.2) is 18.2 Å². The van der Waals surface area contributed by atoms with Crippen molar-refractivity contribution in [2.45, 2.75) is 6.42 Å². The molecule has 0 fully saturated rings. The zero-order valence-corrected chi connectivity index (χ0v) is 6.84. The molecule has 0 atom stereocenters. The molecule has 13 heavy (non-hydrogen) atoms. The molecule has 0 amide bonds. The molecule has 1 aromatic rings.